The number of rotatable bonds is 6. The molecular weight excluding hydrogens is 481 g/mol. The molecule has 0 aliphatic heterocycles. The highest BCUT2D eigenvalue weighted by Crippen LogP contribution is 2.39. The minimum absolute atomic E-state index is 0.123. The zero-order valence-electron chi connectivity index (χ0n) is 19.3. The van der Waals surface area contributed by atoms with Crippen LogP contribution in [0.4, 0.5) is 15.9 Å². The Morgan fingerprint density at radius 3 is 2.53 bits per heavy atom. The first-order valence-corrected chi connectivity index (χ1v) is 11.3. The largest absolute Gasteiger partial charge is 0.480 e. The number of aldehydes is 1. The van der Waals surface area contributed by atoms with Crippen molar-refractivity contribution >= 4 is 40.4 Å². The summed E-state index contributed by atoms with van der Waals surface area (Å²) in [5.74, 6) is 0.693. The molecule has 178 valence electrons. The molecule has 0 fully saturated rings. The second kappa shape index (κ2) is 9.67. The number of carbonyl (C=O) groups is 1. The number of hydrogen-bond donors (Lipinski definition) is 1. The Kier molecular flexibility index (Phi) is 6.26. The summed E-state index contributed by atoms with van der Waals surface area (Å²) >= 11 is 6.77. The number of fused-ring (bicyclic) bond motifs is 1. The molecule has 0 saturated heterocycles. The van der Waals surface area contributed by atoms with Crippen LogP contribution >= 0.6 is 11.6 Å². The number of nitrogens with one attached hydrogen (secondary N) is 1. The predicted molar refractivity (Wildman–Crippen MR) is 137 cm³/mol. The summed E-state index contributed by atoms with van der Waals surface area (Å²) in [6, 6.07) is 17.0. The number of carbonyl (C=O) groups excluding carboxylic acids is 1. The van der Waals surface area contributed by atoms with Gasteiger partial charge in [-0.15, -0.1) is 0 Å². The zero-order valence-corrected chi connectivity index (χ0v) is 20.0. The zero-order chi connectivity index (χ0) is 25.2. The second-order valence-electron chi connectivity index (χ2n) is 7.86. The molecule has 0 amide bonds. The van der Waals surface area contributed by atoms with Gasteiger partial charge >= 0.3 is 0 Å². The molecule has 0 aliphatic carbocycles. The van der Waals surface area contributed by atoms with Gasteiger partial charge in [0.25, 0.3) is 0 Å². The summed E-state index contributed by atoms with van der Waals surface area (Å²) in [4.78, 5) is 28.8. The highest BCUT2D eigenvalue weighted by molar-refractivity contribution is 6.36. The molecule has 5 aromatic rings. The number of nitrogens with zero attached hydrogens (tertiary/aromatic N) is 4. The van der Waals surface area contributed by atoms with E-state index in [0.717, 1.165) is 0 Å². The van der Waals surface area contributed by atoms with Crippen molar-refractivity contribution < 1.29 is 13.9 Å². The lowest BCUT2D eigenvalue weighted by atomic mass is 9.99. The maximum absolute atomic E-state index is 15.8. The van der Waals surface area contributed by atoms with Gasteiger partial charge < -0.3 is 10.1 Å². The van der Waals surface area contributed by atoms with Gasteiger partial charge in [-0.3, -0.25) is 9.78 Å². The topological polar surface area (TPSA) is 89.9 Å². The van der Waals surface area contributed by atoms with E-state index in [0.29, 0.717) is 56.5 Å². The van der Waals surface area contributed by atoms with E-state index in [1.54, 1.807) is 67.7 Å². The van der Waals surface area contributed by atoms with Crippen LogP contribution in [0.15, 0.2) is 66.9 Å². The second-order valence-corrected chi connectivity index (χ2v) is 8.24. The van der Waals surface area contributed by atoms with Crippen molar-refractivity contribution in [2.75, 3.05) is 12.4 Å². The van der Waals surface area contributed by atoms with Crippen LogP contribution < -0.4 is 10.1 Å². The number of hydrogen-bond acceptors (Lipinski definition) is 7. The Morgan fingerprint density at radius 1 is 0.944 bits per heavy atom. The van der Waals surface area contributed by atoms with Crippen molar-refractivity contribution in [1.29, 1.82) is 0 Å². The number of ether oxygens (including phenoxy) is 1. The molecule has 7 nitrogen and oxygen atoms in total. The third-order valence-electron chi connectivity index (χ3n) is 5.59. The van der Waals surface area contributed by atoms with E-state index in [1.165, 1.54) is 7.11 Å². The molecule has 0 unspecified atom stereocenters. The van der Waals surface area contributed by atoms with Gasteiger partial charge in [-0.05, 0) is 43.3 Å². The van der Waals surface area contributed by atoms with Crippen LogP contribution in [0, 0.1) is 12.7 Å². The van der Waals surface area contributed by atoms with E-state index in [2.05, 4.69) is 25.3 Å². The molecule has 0 bridgehead atoms. The SMILES string of the molecule is COc1nc(-c2cccc(-c3cccc(Nc4nc(C)nc5cccnc45)c3Cl)c2F)ccc1C=O. The summed E-state index contributed by atoms with van der Waals surface area (Å²) in [7, 11) is 1.40. The maximum Gasteiger partial charge on any atom is 0.224 e. The molecule has 5 rings (SSSR count). The van der Waals surface area contributed by atoms with Crippen molar-refractivity contribution in [3.05, 3.63) is 89.1 Å². The molecule has 3 heterocycles. The Balaban J connectivity index is 1.58. The van der Waals surface area contributed by atoms with E-state index < -0.39 is 5.82 Å². The lowest BCUT2D eigenvalue weighted by molar-refractivity contribution is 0.112. The lowest BCUT2D eigenvalue weighted by Gasteiger charge is -2.15. The van der Waals surface area contributed by atoms with Crippen LogP contribution in [0.25, 0.3) is 33.4 Å². The molecule has 0 atom stereocenters. The van der Waals surface area contributed by atoms with E-state index in [4.69, 9.17) is 16.3 Å². The Hall–Kier alpha value is -4.43. The molecule has 9 heteroatoms. The number of anilines is 2. The molecule has 0 aliphatic rings. The number of pyridine rings is 2. The van der Waals surface area contributed by atoms with Crippen molar-refractivity contribution in [1.82, 2.24) is 19.9 Å². The molecule has 0 radical (unpaired) electrons. The van der Waals surface area contributed by atoms with Gasteiger partial charge in [0, 0.05) is 22.9 Å². The van der Waals surface area contributed by atoms with E-state index in [-0.39, 0.29) is 17.0 Å². The van der Waals surface area contributed by atoms with Gasteiger partial charge in [-0.2, -0.15) is 0 Å². The van der Waals surface area contributed by atoms with E-state index in [9.17, 15) is 4.79 Å². The smallest absolute Gasteiger partial charge is 0.224 e. The van der Waals surface area contributed by atoms with Crippen LogP contribution in [-0.4, -0.2) is 33.3 Å². The Bertz CT molecular complexity index is 1630. The third kappa shape index (κ3) is 4.23. The number of aromatic nitrogens is 4. The van der Waals surface area contributed by atoms with Gasteiger partial charge in [-0.1, -0.05) is 35.9 Å². The van der Waals surface area contributed by atoms with Gasteiger partial charge in [0.2, 0.25) is 5.88 Å². The average molecular weight is 500 g/mol. The minimum atomic E-state index is -0.505. The van der Waals surface area contributed by atoms with E-state index in [1.807, 2.05) is 6.07 Å². The molecule has 0 spiro atoms. The van der Waals surface area contributed by atoms with E-state index >= 15 is 4.39 Å². The highest BCUT2D eigenvalue weighted by atomic mass is 35.5. The monoisotopic (exact) mass is 499 g/mol. The molecule has 2 aromatic carbocycles. The van der Waals surface area contributed by atoms with Crippen LogP contribution in [0.5, 0.6) is 5.88 Å². The number of methoxy groups -OCH3 is 1. The summed E-state index contributed by atoms with van der Waals surface area (Å²) in [6.07, 6.45) is 2.30. The fraction of sp³-hybridized carbons (Fsp3) is 0.0741. The molecule has 0 saturated carbocycles. The number of halogens is 2. The normalized spacial score (nSPS) is 10.9. The highest BCUT2D eigenvalue weighted by Gasteiger charge is 2.18. The third-order valence-corrected chi connectivity index (χ3v) is 6.00. The first-order valence-electron chi connectivity index (χ1n) is 10.9. The van der Waals surface area contributed by atoms with Crippen molar-refractivity contribution in [2.45, 2.75) is 6.92 Å². The molecule has 1 N–H and O–H groups in total. The Labute approximate surface area is 211 Å². The van der Waals surface area contributed by atoms with Gasteiger partial charge in [-0.25, -0.2) is 19.3 Å². The van der Waals surface area contributed by atoms with Crippen LogP contribution in [0.1, 0.15) is 16.2 Å². The van der Waals surface area contributed by atoms with Crippen LogP contribution in [-0.2, 0) is 0 Å². The average Bonchev–Trinajstić information content (AvgIpc) is 2.89. The number of aryl methyl sites for hydroxylation is 1. The maximum atomic E-state index is 15.8. The van der Waals surface area contributed by atoms with Gasteiger partial charge in [0.05, 0.1) is 34.6 Å². The van der Waals surface area contributed by atoms with Crippen molar-refractivity contribution in [2.24, 2.45) is 0 Å². The fourth-order valence-corrected chi connectivity index (χ4v) is 4.20. The predicted octanol–water partition coefficient (Wildman–Crippen LogP) is 6.42. The fourth-order valence-electron chi connectivity index (χ4n) is 3.93. The first kappa shape index (κ1) is 23.3. The quantitative estimate of drug-likeness (QED) is 0.269. The van der Waals surface area contributed by atoms with Crippen LogP contribution in [0.2, 0.25) is 5.02 Å². The molecule has 3 aromatic heterocycles. The summed E-state index contributed by atoms with van der Waals surface area (Å²) < 4.78 is 21.0. The van der Waals surface area contributed by atoms with Crippen molar-refractivity contribution in [3.63, 3.8) is 0 Å². The van der Waals surface area contributed by atoms with Crippen LogP contribution in [0.3, 0.4) is 0 Å². The minimum Gasteiger partial charge on any atom is -0.480 e. The lowest BCUT2D eigenvalue weighted by Crippen LogP contribution is -2.01. The number of benzene rings is 2. The van der Waals surface area contributed by atoms with Gasteiger partial charge in [0.15, 0.2) is 12.1 Å². The summed E-state index contributed by atoms with van der Waals surface area (Å²) in [5, 5.41) is 3.55. The van der Waals surface area contributed by atoms with Crippen molar-refractivity contribution in [3.8, 4) is 28.3 Å². The van der Waals surface area contributed by atoms with Gasteiger partial charge in [0.1, 0.15) is 17.2 Å². The molecule has 36 heavy (non-hydrogen) atoms. The summed E-state index contributed by atoms with van der Waals surface area (Å²) in [6.45, 7) is 1.79. The first-order chi connectivity index (χ1) is 17.5. The Morgan fingerprint density at radius 2 is 1.72 bits per heavy atom. The standard InChI is InChI=1S/C27H19ClFN5O2/c1-15-31-22-10-5-13-30-25(22)26(32-15)33-21-9-4-6-17(23(21)28)18-7-3-8-19(24(18)29)20-12-11-16(14-35)27(34-20)36-2/h3-14H,1-2H3,(H,31,32,33). The summed E-state index contributed by atoms with van der Waals surface area (Å²) in [5.41, 5.74) is 3.47. The molecular formula is C27H19ClFN5O2.